The predicted molar refractivity (Wildman–Crippen MR) is 62.0 cm³/mol. The van der Waals surface area contributed by atoms with Crippen LogP contribution in [0.15, 0.2) is 12.4 Å². The first-order valence-electron chi connectivity index (χ1n) is 5.85. The van der Waals surface area contributed by atoms with Crippen molar-refractivity contribution in [1.29, 1.82) is 0 Å². The van der Waals surface area contributed by atoms with Crippen LogP contribution in [0.1, 0.15) is 32.4 Å². The van der Waals surface area contributed by atoms with Crippen LogP contribution >= 0.6 is 0 Å². The second kappa shape index (κ2) is 4.60. The highest BCUT2D eigenvalue weighted by Gasteiger charge is 2.16. The number of aryl methyl sites for hydroxylation is 1. The Bertz CT molecular complexity index is 299. The summed E-state index contributed by atoms with van der Waals surface area (Å²) in [5.41, 5.74) is 1.07. The summed E-state index contributed by atoms with van der Waals surface area (Å²) in [7, 11) is 0. The highest BCUT2D eigenvalue weighted by Crippen LogP contribution is 2.20. The molecular formula is C12H19N3. The molecule has 82 valence electrons. The molecule has 1 aliphatic rings. The molecule has 3 nitrogen and oxygen atoms in total. The maximum absolute atomic E-state index is 4.46. The fourth-order valence-corrected chi connectivity index (χ4v) is 1.93. The average Bonchev–Trinajstić information content (AvgIpc) is 2.30. The van der Waals surface area contributed by atoms with Gasteiger partial charge in [-0.2, -0.15) is 0 Å². The van der Waals surface area contributed by atoms with Crippen molar-refractivity contribution in [3.8, 4) is 0 Å². The fraction of sp³-hybridized carbons (Fsp3) is 0.667. The van der Waals surface area contributed by atoms with Crippen LogP contribution in [0.5, 0.6) is 0 Å². The zero-order valence-electron chi connectivity index (χ0n) is 9.61. The highest BCUT2D eigenvalue weighted by molar-refractivity contribution is 5.36. The Morgan fingerprint density at radius 1 is 1.27 bits per heavy atom. The first-order chi connectivity index (χ1) is 7.29. The summed E-state index contributed by atoms with van der Waals surface area (Å²) in [6, 6.07) is 0. The zero-order chi connectivity index (χ0) is 10.7. The van der Waals surface area contributed by atoms with Gasteiger partial charge in [0, 0.05) is 13.1 Å². The number of piperidine rings is 1. The van der Waals surface area contributed by atoms with Gasteiger partial charge in [-0.3, -0.25) is 4.98 Å². The van der Waals surface area contributed by atoms with Gasteiger partial charge in [0.2, 0.25) is 0 Å². The molecule has 0 unspecified atom stereocenters. The van der Waals surface area contributed by atoms with Gasteiger partial charge in [-0.1, -0.05) is 13.8 Å². The molecule has 1 fully saturated rings. The molecule has 0 atom stereocenters. The minimum absolute atomic E-state index is 0.865. The van der Waals surface area contributed by atoms with Crippen molar-refractivity contribution in [2.24, 2.45) is 5.92 Å². The SMILES string of the molecule is CCc1cnc(N2CCC(C)CC2)cn1. The lowest BCUT2D eigenvalue weighted by molar-refractivity contribution is 0.436. The summed E-state index contributed by atoms with van der Waals surface area (Å²) >= 11 is 0. The van der Waals surface area contributed by atoms with Crippen molar-refractivity contribution in [1.82, 2.24) is 9.97 Å². The maximum Gasteiger partial charge on any atom is 0.147 e. The Morgan fingerprint density at radius 2 is 2.00 bits per heavy atom. The molecule has 1 aliphatic heterocycles. The van der Waals surface area contributed by atoms with Crippen LogP contribution in [0.4, 0.5) is 5.82 Å². The van der Waals surface area contributed by atoms with Gasteiger partial charge in [0.05, 0.1) is 18.1 Å². The molecule has 0 radical (unpaired) electrons. The summed E-state index contributed by atoms with van der Waals surface area (Å²) in [4.78, 5) is 11.2. The Kier molecular flexibility index (Phi) is 3.19. The normalized spacial score (nSPS) is 18.1. The molecule has 1 saturated heterocycles. The molecule has 15 heavy (non-hydrogen) atoms. The molecule has 0 amide bonds. The molecular weight excluding hydrogens is 186 g/mol. The number of hydrogen-bond donors (Lipinski definition) is 0. The van der Waals surface area contributed by atoms with E-state index >= 15 is 0 Å². The third-order valence-electron chi connectivity index (χ3n) is 3.16. The third-order valence-corrected chi connectivity index (χ3v) is 3.16. The van der Waals surface area contributed by atoms with E-state index in [0.29, 0.717) is 0 Å². The van der Waals surface area contributed by atoms with Gasteiger partial charge in [-0.25, -0.2) is 4.98 Å². The van der Waals surface area contributed by atoms with Gasteiger partial charge < -0.3 is 4.90 Å². The second-order valence-corrected chi connectivity index (χ2v) is 4.39. The molecule has 0 bridgehead atoms. The van der Waals surface area contributed by atoms with Crippen molar-refractivity contribution in [2.75, 3.05) is 18.0 Å². The standard InChI is InChI=1S/C12H19N3/c1-3-11-8-14-12(9-13-11)15-6-4-10(2)5-7-15/h8-10H,3-7H2,1-2H3. The Morgan fingerprint density at radius 3 is 2.53 bits per heavy atom. The average molecular weight is 205 g/mol. The number of aromatic nitrogens is 2. The van der Waals surface area contributed by atoms with Crippen LogP contribution in [0.3, 0.4) is 0 Å². The molecule has 0 aliphatic carbocycles. The Balaban J connectivity index is 2.03. The van der Waals surface area contributed by atoms with Crippen molar-refractivity contribution in [3.63, 3.8) is 0 Å². The fourth-order valence-electron chi connectivity index (χ4n) is 1.93. The largest absolute Gasteiger partial charge is 0.355 e. The van der Waals surface area contributed by atoms with Crippen LogP contribution in [-0.4, -0.2) is 23.1 Å². The molecule has 3 heteroatoms. The molecule has 0 spiro atoms. The summed E-state index contributed by atoms with van der Waals surface area (Å²) in [5.74, 6) is 1.91. The summed E-state index contributed by atoms with van der Waals surface area (Å²) < 4.78 is 0. The van der Waals surface area contributed by atoms with Crippen molar-refractivity contribution in [3.05, 3.63) is 18.1 Å². The van der Waals surface area contributed by atoms with E-state index in [9.17, 15) is 0 Å². The Hall–Kier alpha value is -1.12. The van der Waals surface area contributed by atoms with Gasteiger partial charge in [0.1, 0.15) is 5.82 Å². The number of rotatable bonds is 2. The second-order valence-electron chi connectivity index (χ2n) is 4.39. The number of nitrogens with zero attached hydrogens (tertiary/aromatic N) is 3. The van der Waals surface area contributed by atoms with Crippen molar-refractivity contribution >= 4 is 5.82 Å². The van der Waals surface area contributed by atoms with Gasteiger partial charge in [0.15, 0.2) is 0 Å². The monoisotopic (exact) mass is 205 g/mol. The summed E-state index contributed by atoms with van der Waals surface area (Å²) in [6.45, 7) is 6.68. The lowest BCUT2D eigenvalue weighted by atomic mass is 9.99. The maximum atomic E-state index is 4.46. The highest BCUT2D eigenvalue weighted by atomic mass is 15.2. The van der Waals surface area contributed by atoms with Crippen LogP contribution in [-0.2, 0) is 6.42 Å². The van der Waals surface area contributed by atoms with Gasteiger partial charge in [0.25, 0.3) is 0 Å². The molecule has 0 saturated carbocycles. The quantitative estimate of drug-likeness (QED) is 0.741. The van der Waals surface area contributed by atoms with E-state index < -0.39 is 0 Å². The van der Waals surface area contributed by atoms with Crippen molar-refractivity contribution < 1.29 is 0 Å². The van der Waals surface area contributed by atoms with Gasteiger partial charge in [-0.15, -0.1) is 0 Å². The molecule has 1 aromatic rings. The summed E-state index contributed by atoms with van der Waals surface area (Å²) in [5, 5.41) is 0. The minimum atomic E-state index is 0.865. The lowest BCUT2D eigenvalue weighted by Crippen LogP contribution is -2.33. The van der Waals surface area contributed by atoms with E-state index in [4.69, 9.17) is 0 Å². The van der Waals surface area contributed by atoms with E-state index in [1.54, 1.807) is 0 Å². The zero-order valence-corrected chi connectivity index (χ0v) is 9.61. The minimum Gasteiger partial charge on any atom is -0.355 e. The first kappa shape index (κ1) is 10.4. The molecule has 1 aromatic heterocycles. The van der Waals surface area contributed by atoms with E-state index in [-0.39, 0.29) is 0 Å². The van der Waals surface area contributed by atoms with E-state index in [2.05, 4.69) is 28.7 Å². The molecule has 0 N–H and O–H groups in total. The molecule has 2 heterocycles. The predicted octanol–water partition coefficient (Wildman–Crippen LogP) is 2.28. The lowest BCUT2D eigenvalue weighted by Gasteiger charge is -2.30. The summed E-state index contributed by atoms with van der Waals surface area (Å²) in [6.07, 6.45) is 7.32. The van der Waals surface area contributed by atoms with Crippen molar-refractivity contribution in [2.45, 2.75) is 33.1 Å². The first-order valence-corrected chi connectivity index (χ1v) is 5.85. The van der Waals surface area contributed by atoms with E-state index in [1.807, 2.05) is 12.4 Å². The van der Waals surface area contributed by atoms with E-state index in [0.717, 1.165) is 36.9 Å². The molecule has 0 aromatic carbocycles. The van der Waals surface area contributed by atoms with Crippen LogP contribution in [0, 0.1) is 5.92 Å². The van der Waals surface area contributed by atoms with Gasteiger partial charge >= 0.3 is 0 Å². The van der Waals surface area contributed by atoms with Crippen LogP contribution < -0.4 is 4.90 Å². The molecule has 2 rings (SSSR count). The van der Waals surface area contributed by atoms with Crippen LogP contribution in [0.25, 0.3) is 0 Å². The van der Waals surface area contributed by atoms with Gasteiger partial charge in [-0.05, 0) is 25.2 Å². The smallest absolute Gasteiger partial charge is 0.147 e. The van der Waals surface area contributed by atoms with Crippen LogP contribution in [0.2, 0.25) is 0 Å². The Labute approximate surface area is 91.5 Å². The topological polar surface area (TPSA) is 29.0 Å². The number of anilines is 1. The third kappa shape index (κ3) is 2.46. The number of hydrogen-bond acceptors (Lipinski definition) is 3. The van der Waals surface area contributed by atoms with E-state index in [1.165, 1.54) is 12.8 Å².